The van der Waals surface area contributed by atoms with E-state index in [0.717, 1.165) is 12.8 Å². The van der Waals surface area contributed by atoms with E-state index in [1.54, 1.807) is 0 Å². The van der Waals surface area contributed by atoms with Crippen LogP contribution in [-0.4, -0.2) is 0 Å². The molecule has 0 spiro atoms. The van der Waals surface area contributed by atoms with E-state index in [1.165, 1.54) is 37.6 Å². The lowest BCUT2D eigenvalue weighted by atomic mass is 10.0. The van der Waals surface area contributed by atoms with E-state index in [4.69, 9.17) is 0 Å². The lowest BCUT2D eigenvalue weighted by molar-refractivity contribution is 1.12. The Kier molecular flexibility index (Phi) is 5.41. The summed E-state index contributed by atoms with van der Waals surface area (Å²) in [4.78, 5) is 0. The molecule has 0 saturated carbocycles. The van der Waals surface area contributed by atoms with Crippen molar-refractivity contribution < 1.29 is 0 Å². The fraction of sp³-hybridized carbons (Fsp3) is 0.318. The summed E-state index contributed by atoms with van der Waals surface area (Å²) in [6, 6.07) is 13.5. The molecule has 0 atom stereocenters. The minimum Gasteiger partial charge on any atom is -0.117 e. The van der Waals surface area contributed by atoms with E-state index in [9.17, 15) is 0 Å². The first-order valence-corrected chi connectivity index (χ1v) is 8.21. The van der Waals surface area contributed by atoms with Crippen molar-refractivity contribution in [3.05, 3.63) is 74.5 Å². The second-order valence-electron chi connectivity index (χ2n) is 5.85. The molecule has 0 bridgehead atoms. The standard InChI is InChI=1S/C22H26/c1-6-9-19-14-16(4)10-12-20(19)21-13-11-18(8-3)15-22(21)17(5)7-2/h6,10-15H,7-8H2,1-5H3/b21-20+,22-17?. The Hall–Kier alpha value is -2.04. The third-order valence-corrected chi connectivity index (χ3v) is 4.25. The van der Waals surface area contributed by atoms with Gasteiger partial charge in [0.05, 0.1) is 0 Å². The maximum absolute atomic E-state index is 3.39. The fourth-order valence-corrected chi connectivity index (χ4v) is 2.76. The molecule has 0 aliphatic rings. The van der Waals surface area contributed by atoms with Gasteiger partial charge in [-0.3, -0.25) is 0 Å². The molecule has 0 heteroatoms. The highest BCUT2D eigenvalue weighted by Gasteiger charge is 1.97. The first-order valence-electron chi connectivity index (χ1n) is 8.21. The highest BCUT2D eigenvalue weighted by Crippen LogP contribution is 2.03. The van der Waals surface area contributed by atoms with Crippen LogP contribution in [0.1, 0.15) is 45.2 Å². The molecule has 0 radical (unpaired) electrons. The van der Waals surface area contributed by atoms with E-state index >= 15 is 0 Å². The average Bonchev–Trinajstić information content (AvgIpc) is 2.54. The Balaban J connectivity index is 3.18. The van der Waals surface area contributed by atoms with Gasteiger partial charge in [0.15, 0.2) is 0 Å². The molecule has 0 aromatic heterocycles. The predicted octanol–water partition coefficient (Wildman–Crippen LogP) is 4.38. The van der Waals surface area contributed by atoms with Crippen molar-refractivity contribution in [2.24, 2.45) is 0 Å². The number of allylic oxidation sites excluding steroid dienone is 1. The molecular formula is C22H26. The van der Waals surface area contributed by atoms with Crippen molar-refractivity contribution in [1.29, 1.82) is 0 Å². The molecule has 0 aliphatic carbocycles. The summed E-state index contributed by atoms with van der Waals surface area (Å²) in [5.41, 5.74) is 7.51. The zero-order valence-corrected chi connectivity index (χ0v) is 14.5. The third-order valence-electron chi connectivity index (χ3n) is 4.25. The quantitative estimate of drug-likeness (QED) is 0.770. The van der Waals surface area contributed by atoms with E-state index < -0.39 is 0 Å². The first-order chi connectivity index (χ1) is 10.6. The molecule has 0 aliphatic heterocycles. The summed E-state index contributed by atoms with van der Waals surface area (Å²) >= 11 is 0. The summed E-state index contributed by atoms with van der Waals surface area (Å²) in [7, 11) is 0. The van der Waals surface area contributed by atoms with Crippen LogP contribution in [0.3, 0.4) is 0 Å². The lowest BCUT2D eigenvalue weighted by Crippen LogP contribution is -2.12. The van der Waals surface area contributed by atoms with Crippen LogP contribution in [0.4, 0.5) is 0 Å². The van der Waals surface area contributed by atoms with E-state index in [-0.39, 0.29) is 0 Å². The highest BCUT2D eigenvalue weighted by molar-refractivity contribution is 5.43. The minimum atomic E-state index is 1.08. The molecular weight excluding hydrogens is 264 g/mol. The van der Waals surface area contributed by atoms with Crippen LogP contribution in [0.25, 0.3) is 11.3 Å². The summed E-state index contributed by atoms with van der Waals surface area (Å²) in [5, 5.41) is 5.15. The second kappa shape index (κ2) is 7.29. The van der Waals surface area contributed by atoms with E-state index in [1.807, 2.05) is 13.0 Å². The smallest absolute Gasteiger partial charge is 0.0242 e. The highest BCUT2D eigenvalue weighted by atomic mass is 14.0. The Morgan fingerprint density at radius 2 is 1.77 bits per heavy atom. The zero-order chi connectivity index (χ0) is 16.1. The number of rotatable bonds is 2. The first kappa shape index (κ1) is 16.3. The van der Waals surface area contributed by atoms with Gasteiger partial charge in [-0.15, -0.1) is 5.73 Å². The van der Waals surface area contributed by atoms with Crippen LogP contribution in [-0.2, 0) is 6.42 Å². The van der Waals surface area contributed by atoms with Crippen LogP contribution in [0.2, 0.25) is 0 Å². The van der Waals surface area contributed by atoms with Crippen molar-refractivity contribution >= 4 is 11.3 Å². The van der Waals surface area contributed by atoms with Gasteiger partial charge in [0.25, 0.3) is 0 Å². The molecule has 0 nitrogen and oxygen atoms in total. The van der Waals surface area contributed by atoms with Gasteiger partial charge in [-0.25, -0.2) is 0 Å². The Labute approximate surface area is 133 Å². The predicted molar refractivity (Wildman–Crippen MR) is 96.9 cm³/mol. The van der Waals surface area contributed by atoms with Crippen LogP contribution in [0.5, 0.6) is 0 Å². The summed E-state index contributed by atoms with van der Waals surface area (Å²) < 4.78 is 0. The molecule has 0 fully saturated rings. The molecule has 0 saturated heterocycles. The fourth-order valence-electron chi connectivity index (χ4n) is 2.76. The van der Waals surface area contributed by atoms with Gasteiger partial charge >= 0.3 is 0 Å². The maximum atomic E-state index is 3.39. The van der Waals surface area contributed by atoms with E-state index in [0.29, 0.717) is 0 Å². The zero-order valence-electron chi connectivity index (χ0n) is 14.5. The van der Waals surface area contributed by atoms with Crippen LogP contribution in [0, 0.1) is 17.4 Å². The summed E-state index contributed by atoms with van der Waals surface area (Å²) in [5.74, 6) is 0. The van der Waals surface area contributed by atoms with Crippen molar-refractivity contribution in [2.45, 2.75) is 47.5 Å². The van der Waals surface area contributed by atoms with Gasteiger partial charge in [-0.2, -0.15) is 0 Å². The molecule has 0 amide bonds. The number of hydrogen-bond acceptors (Lipinski definition) is 0. The minimum absolute atomic E-state index is 1.08. The third kappa shape index (κ3) is 3.40. The Morgan fingerprint density at radius 1 is 1.05 bits per heavy atom. The van der Waals surface area contributed by atoms with Gasteiger partial charge in [0, 0.05) is 5.22 Å². The van der Waals surface area contributed by atoms with Crippen molar-refractivity contribution in [3.8, 4) is 0 Å². The topological polar surface area (TPSA) is 0 Å². The average molecular weight is 290 g/mol. The molecule has 2 aromatic rings. The lowest BCUT2D eigenvalue weighted by Gasteiger charge is -2.02. The van der Waals surface area contributed by atoms with E-state index in [2.05, 4.69) is 69.8 Å². The maximum Gasteiger partial charge on any atom is 0.0242 e. The molecule has 0 heterocycles. The number of hydrogen-bond donors (Lipinski definition) is 0. The van der Waals surface area contributed by atoms with Gasteiger partial charge in [0.1, 0.15) is 0 Å². The van der Waals surface area contributed by atoms with Crippen LogP contribution >= 0.6 is 0 Å². The number of benzene rings is 2. The molecule has 22 heavy (non-hydrogen) atoms. The Morgan fingerprint density at radius 3 is 2.41 bits per heavy atom. The second-order valence-corrected chi connectivity index (χ2v) is 5.85. The van der Waals surface area contributed by atoms with Crippen LogP contribution in [0.15, 0.2) is 42.5 Å². The van der Waals surface area contributed by atoms with Gasteiger partial charge in [0.2, 0.25) is 0 Å². The van der Waals surface area contributed by atoms with Gasteiger partial charge in [-0.1, -0.05) is 49.8 Å². The largest absolute Gasteiger partial charge is 0.117 e. The van der Waals surface area contributed by atoms with Gasteiger partial charge in [-0.05, 0) is 72.5 Å². The molecule has 2 aromatic carbocycles. The summed E-state index contributed by atoms with van der Waals surface area (Å²) in [6.07, 6.45) is 4.15. The van der Waals surface area contributed by atoms with Crippen molar-refractivity contribution in [3.63, 3.8) is 0 Å². The molecule has 2 rings (SSSR count). The van der Waals surface area contributed by atoms with Crippen molar-refractivity contribution in [2.75, 3.05) is 0 Å². The molecule has 114 valence electrons. The Bertz CT molecular complexity index is 907. The van der Waals surface area contributed by atoms with Gasteiger partial charge < -0.3 is 0 Å². The van der Waals surface area contributed by atoms with Crippen LogP contribution < -0.4 is 10.4 Å². The monoisotopic (exact) mass is 290 g/mol. The normalized spacial score (nSPS) is 13.5. The SMILES string of the molecule is CC=C=c1cc(C)cc/c1=c1/ccc(CC)cc1=C(C)CC. The number of aryl methyl sites for hydroxylation is 2. The summed E-state index contributed by atoms with van der Waals surface area (Å²) in [6.45, 7) is 10.8. The van der Waals surface area contributed by atoms with Crippen molar-refractivity contribution in [1.82, 2.24) is 0 Å². The molecule has 0 unspecified atom stereocenters. The molecule has 0 N–H and O–H groups in total.